The Hall–Kier alpha value is -0.790. The lowest BCUT2D eigenvalue weighted by molar-refractivity contribution is -0.133. The summed E-state index contributed by atoms with van der Waals surface area (Å²) in [6.07, 6.45) is 15.0. The molecule has 2 rings (SSSR count). The molecule has 0 aromatic heterocycles. The van der Waals surface area contributed by atoms with E-state index in [1.54, 1.807) is 6.08 Å². The molecule has 1 N–H and O–H groups in total. The molecule has 21 heavy (non-hydrogen) atoms. The summed E-state index contributed by atoms with van der Waals surface area (Å²) in [4.78, 5) is 11.2. The van der Waals surface area contributed by atoms with Crippen LogP contribution >= 0.6 is 0 Å². The molecule has 0 amide bonds. The van der Waals surface area contributed by atoms with Crippen molar-refractivity contribution in [2.24, 2.45) is 23.7 Å². The molecule has 2 nitrogen and oxygen atoms in total. The van der Waals surface area contributed by atoms with Gasteiger partial charge >= 0.3 is 5.97 Å². The van der Waals surface area contributed by atoms with Crippen molar-refractivity contribution < 1.29 is 9.90 Å². The van der Waals surface area contributed by atoms with Gasteiger partial charge in [0.15, 0.2) is 0 Å². The largest absolute Gasteiger partial charge is 0.478 e. The van der Waals surface area contributed by atoms with Crippen LogP contribution in [-0.4, -0.2) is 11.1 Å². The second kappa shape index (κ2) is 8.00. The number of rotatable bonds is 5. The van der Waals surface area contributed by atoms with Crippen molar-refractivity contribution in [1.82, 2.24) is 0 Å². The normalized spacial score (nSPS) is 34.7. The van der Waals surface area contributed by atoms with Crippen LogP contribution in [0.2, 0.25) is 0 Å². The minimum absolute atomic E-state index is 0.305. The molecular formula is C19H32O2. The minimum Gasteiger partial charge on any atom is -0.478 e. The standard InChI is InChI=1S/C19H32O2/c1-3-18(19(20)21)17-12-10-16(11-13-17)9-8-15-6-4-14(2)5-7-15/h3,14-17H,4-13H2,1-2H3,(H,20,21)/t14-,15-,16-,17-. The highest BCUT2D eigenvalue weighted by Crippen LogP contribution is 2.38. The highest BCUT2D eigenvalue weighted by molar-refractivity contribution is 5.87. The van der Waals surface area contributed by atoms with Gasteiger partial charge in [0, 0.05) is 5.57 Å². The van der Waals surface area contributed by atoms with Crippen molar-refractivity contribution in [2.75, 3.05) is 0 Å². The molecular weight excluding hydrogens is 260 g/mol. The summed E-state index contributed by atoms with van der Waals surface area (Å²) in [5.74, 6) is 2.38. The van der Waals surface area contributed by atoms with Crippen molar-refractivity contribution in [3.63, 3.8) is 0 Å². The van der Waals surface area contributed by atoms with Crippen LogP contribution in [0.4, 0.5) is 0 Å². The first-order chi connectivity index (χ1) is 10.1. The third kappa shape index (κ3) is 4.86. The van der Waals surface area contributed by atoms with Crippen molar-refractivity contribution >= 4 is 5.97 Å². The van der Waals surface area contributed by atoms with E-state index >= 15 is 0 Å². The van der Waals surface area contributed by atoms with Gasteiger partial charge < -0.3 is 5.11 Å². The van der Waals surface area contributed by atoms with Crippen LogP contribution in [0.5, 0.6) is 0 Å². The van der Waals surface area contributed by atoms with Crippen molar-refractivity contribution in [2.45, 2.75) is 78.1 Å². The van der Waals surface area contributed by atoms with E-state index < -0.39 is 5.97 Å². The average molecular weight is 292 g/mol. The molecule has 0 heterocycles. The molecule has 0 atom stereocenters. The van der Waals surface area contributed by atoms with Crippen molar-refractivity contribution in [3.05, 3.63) is 11.6 Å². The van der Waals surface area contributed by atoms with Crippen LogP contribution < -0.4 is 0 Å². The van der Waals surface area contributed by atoms with Crippen LogP contribution in [0.15, 0.2) is 11.6 Å². The van der Waals surface area contributed by atoms with Gasteiger partial charge in [0.1, 0.15) is 0 Å². The second-order valence-corrected chi connectivity index (χ2v) is 7.47. The monoisotopic (exact) mass is 292 g/mol. The van der Waals surface area contributed by atoms with Gasteiger partial charge in [-0.3, -0.25) is 0 Å². The van der Waals surface area contributed by atoms with Gasteiger partial charge in [-0.1, -0.05) is 51.5 Å². The maximum absolute atomic E-state index is 11.2. The Kier molecular flexibility index (Phi) is 6.32. The fraction of sp³-hybridized carbons (Fsp3) is 0.842. The summed E-state index contributed by atoms with van der Waals surface area (Å²) in [5, 5.41) is 9.22. The topological polar surface area (TPSA) is 37.3 Å². The molecule has 0 bridgehead atoms. The Morgan fingerprint density at radius 2 is 1.43 bits per heavy atom. The molecule has 2 fully saturated rings. The van der Waals surface area contributed by atoms with Gasteiger partial charge in [-0.05, 0) is 56.3 Å². The van der Waals surface area contributed by atoms with Crippen LogP contribution in [-0.2, 0) is 4.79 Å². The van der Waals surface area contributed by atoms with Crippen LogP contribution in [0, 0.1) is 23.7 Å². The van der Waals surface area contributed by atoms with Crippen molar-refractivity contribution in [3.8, 4) is 0 Å². The first-order valence-electron chi connectivity index (χ1n) is 8.99. The predicted molar refractivity (Wildman–Crippen MR) is 87.2 cm³/mol. The lowest BCUT2D eigenvalue weighted by Gasteiger charge is -2.31. The highest BCUT2D eigenvalue weighted by atomic mass is 16.4. The number of hydrogen-bond donors (Lipinski definition) is 1. The van der Waals surface area contributed by atoms with Crippen molar-refractivity contribution in [1.29, 1.82) is 0 Å². The predicted octanol–water partition coefficient (Wildman–Crippen LogP) is 5.43. The third-order valence-electron chi connectivity index (χ3n) is 5.96. The SMILES string of the molecule is CC=C(C(=O)O)[C@H]1CC[C@H](CC[C@H]2CC[C@H](C)CC2)CC1. The Labute approximate surface area is 130 Å². The van der Waals surface area contributed by atoms with E-state index in [9.17, 15) is 9.90 Å². The molecule has 0 spiro atoms. The zero-order valence-corrected chi connectivity index (χ0v) is 13.8. The Morgan fingerprint density at radius 3 is 1.86 bits per heavy atom. The highest BCUT2D eigenvalue weighted by Gasteiger charge is 2.27. The maximum Gasteiger partial charge on any atom is 0.331 e. The Morgan fingerprint density at radius 1 is 0.952 bits per heavy atom. The van der Waals surface area contributed by atoms with E-state index in [0.29, 0.717) is 11.5 Å². The lowest BCUT2D eigenvalue weighted by Crippen LogP contribution is -2.21. The molecule has 0 unspecified atom stereocenters. The summed E-state index contributed by atoms with van der Waals surface area (Å²) in [6.45, 7) is 4.25. The molecule has 2 aliphatic carbocycles. The summed E-state index contributed by atoms with van der Waals surface area (Å²) in [5.41, 5.74) is 0.648. The number of carboxylic acids is 1. The second-order valence-electron chi connectivity index (χ2n) is 7.47. The number of hydrogen-bond acceptors (Lipinski definition) is 1. The molecule has 0 aliphatic heterocycles. The first kappa shape index (κ1) is 16.6. The van der Waals surface area contributed by atoms with E-state index in [2.05, 4.69) is 6.92 Å². The quantitative estimate of drug-likeness (QED) is 0.686. The summed E-state index contributed by atoms with van der Waals surface area (Å²) < 4.78 is 0. The maximum atomic E-state index is 11.2. The van der Waals surface area contributed by atoms with E-state index in [1.165, 1.54) is 51.4 Å². The van der Waals surface area contributed by atoms with Gasteiger partial charge in [0.2, 0.25) is 0 Å². The van der Waals surface area contributed by atoms with Gasteiger partial charge in [-0.15, -0.1) is 0 Å². The van der Waals surface area contributed by atoms with Gasteiger partial charge in [-0.25, -0.2) is 4.79 Å². The molecule has 0 aromatic carbocycles. The van der Waals surface area contributed by atoms with Crippen LogP contribution in [0.1, 0.15) is 78.1 Å². The fourth-order valence-electron chi connectivity index (χ4n) is 4.39. The summed E-state index contributed by atoms with van der Waals surface area (Å²) in [6, 6.07) is 0. The van der Waals surface area contributed by atoms with Crippen LogP contribution in [0.3, 0.4) is 0 Å². The number of allylic oxidation sites excluding steroid dienone is 1. The molecule has 0 radical (unpaired) electrons. The minimum atomic E-state index is -0.711. The number of carbonyl (C=O) groups is 1. The third-order valence-corrected chi connectivity index (χ3v) is 5.96. The number of aliphatic carboxylic acids is 1. The molecule has 0 aromatic rings. The number of carboxylic acid groups (broad SMARTS) is 1. The summed E-state index contributed by atoms with van der Waals surface area (Å²) >= 11 is 0. The van der Waals surface area contributed by atoms with Gasteiger partial charge in [0.25, 0.3) is 0 Å². The van der Waals surface area contributed by atoms with E-state index in [0.717, 1.165) is 30.6 Å². The fourth-order valence-corrected chi connectivity index (χ4v) is 4.39. The van der Waals surface area contributed by atoms with E-state index in [1.807, 2.05) is 6.92 Å². The van der Waals surface area contributed by atoms with E-state index in [4.69, 9.17) is 0 Å². The Balaban J connectivity index is 1.68. The lowest BCUT2D eigenvalue weighted by atomic mass is 9.74. The zero-order valence-electron chi connectivity index (χ0n) is 13.8. The van der Waals surface area contributed by atoms with Crippen LogP contribution in [0.25, 0.3) is 0 Å². The summed E-state index contributed by atoms with van der Waals surface area (Å²) in [7, 11) is 0. The van der Waals surface area contributed by atoms with Gasteiger partial charge in [0.05, 0.1) is 0 Å². The zero-order chi connectivity index (χ0) is 15.2. The molecule has 2 heteroatoms. The van der Waals surface area contributed by atoms with E-state index in [-0.39, 0.29) is 0 Å². The molecule has 2 saturated carbocycles. The smallest absolute Gasteiger partial charge is 0.331 e. The molecule has 120 valence electrons. The van der Waals surface area contributed by atoms with Gasteiger partial charge in [-0.2, -0.15) is 0 Å². The molecule has 2 aliphatic rings. The Bertz CT molecular complexity index is 356. The first-order valence-corrected chi connectivity index (χ1v) is 8.99. The average Bonchev–Trinajstić information content (AvgIpc) is 2.48. The molecule has 0 saturated heterocycles.